The highest BCUT2D eigenvalue weighted by atomic mass is 16.3. The molecule has 1 heterocycles. The highest BCUT2D eigenvalue weighted by Gasteiger charge is 2.39. The van der Waals surface area contributed by atoms with Crippen LogP contribution in [-0.4, -0.2) is 6.54 Å². The SMILES string of the molecule is Cc1ccoc1C1CC1CN. The van der Waals surface area contributed by atoms with E-state index in [-0.39, 0.29) is 0 Å². The summed E-state index contributed by atoms with van der Waals surface area (Å²) in [5, 5.41) is 0. The molecule has 1 saturated carbocycles. The van der Waals surface area contributed by atoms with Crippen molar-refractivity contribution in [2.45, 2.75) is 19.3 Å². The number of nitrogens with two attached hydrogens (primary N) is 1. The lowest BCUT2D eigenvalue weighted by atomic mass is 10.2. The topological polar surface area (TPSA) is 39.2 Å². The van der Waals surface area contributed by atoms with Gasteiger partial charge in [-0.05, 0) is 37.4 Å². The average molecular weight is 151 g/mol. The zero-order chi connectivity index (χ0) is 7.84. The molecule has 2 N–H and O–H groups in total. The Bertz CT molecular complexity index is 254. The van der Waals surface area contributed by atoms with Crippen molar-refractivity contribution in [3.8, 4) is 0 Å². The second-order valence-electron chi connectivity index (χ2n) is 3.31. The lowest BCUT2D eigenvalue weighted by molar-refractivity contribution is 0.501. The van der Waals surface area contributed by atoms with Gasteiger partial charge in [0.1, 0.15) is 5.76 Å². The summed E-state index contributed by atoms with van der Waals surface area (Å²) in [6, 6.07) is 2.02. The van der Waals surface area contributed by atoms with E-state index in [0.717, 1.165) is 12.3 Å². The van der Waals surface area contributed by atoms with Gasteiger partial charge in [0.2, 0.25) is 0 Å². The molecule has 1 aromatic heterocycles. The third-order valence-corrected chi connectivity index (χ3v) is 2.46. The lowest BCUT2D eigenvalue weighted by Gasteiger charge is -1.94. The summed E-state index contributed by atoms with van der Waals surface area (Å²) >= 11 is 0. The van der Waals surface area contributed by atoms with E-state index in [1.807, 2.05) is 6.07 Å². The van der Waals surface area contributed by atoms with E-state index in [0.29, 0.717) is 11.8 Å². The summed E-state index contributed by atoms with van der Waals surface area (Å²) in [6.45, 7) is 2.88. The molecule has 2 atom stereocenters. The molecular formula is C9H13NO. The van der Waals surface area contributed by atoms with Gasteiger partial charge in [-0.25, -0.2) is 0 Å². The molecule has 0 aliphatic heterocycles. The number of aryl methyl sites for hydroxylation is 1. The molecule has 2 heteroatoms. The molecule has 0 amide bonds. The minimum Gasteiger partial charge on any atom is -0.469 e. The van der Waals surface area contributed by atoms with Gasteiger partial charge in [-0.3, -0.25) is 0 Å². The number of rotatable bonds is 2. The Morgan fingerprint density at radius 2 is 2.55 bits per heavy atom. The van der Waals surface area contributed by atoms with E-state index in [2.05, 4.69) is 6.92 Å². The summed E-state index contributed by atoms with van der Waals surface area (Å²) in [7, 11) is 0. The second-order valence-corrected chi connectivity index (χ2v) is 3.31. The maximum absolute atomic E-state index is 5.54. The quantitative estimate of drug-likeness (QED) is 0.698. The molecule has 0 spiro atoms. The van der Waals surface area contributed by atoms with Crippen molar-refractivity contribution in [1.82, 2.24) is 0 Å². The first kappa shape index (κ1) is 6.92. The molecule has 1 aliphatic rings. The Hall–Kier alpha value is -0.760. The number of hydrogen-bond acceptors (Lipinski definition) is 2. The van der Waals surface area contributed by atoms with Crippen LogP contribution in [0.1, 0.15) is 23.7 Å². The zero-order valence-corrected chi connectivity index (χ0v) is 6.71. The van der Waals surface area contributed by atoms with Crippen molar-refractivity contribution >= 4 is 0 Å². The second kappa shape index (κ2) is 2.38. The summed E-state index contributed by atoms with van der Waals surface area (Å²) in [5.41, 5.74) is 6.81. The Morgan fingerprint density at radius 1 is 1.73 bits per heavy atom. The molecule has 0 saturated heterocycles. The van der Waals surface area contributed by atoms with E-state index >= 15 is 0 Å². The third-order valence-electron chi connectivity index (χ3n) is 2.46. The van der Waals surface area contributed by atoms with Gasteiger partial charge in [0.05, 0.1) is 6.26 Å². The minimum absolute atomic E-state index is 0.620. The predicted octanol–water partition coefficient (Wildman–Crippen LogP) is 1.65. The van der Waals surface area contributed by atoms with Crippen LogP contribution in [0.15, 0.2) is 16.7 Å². The zero-order valence-electron chi connectivity index (χ0n) is 6.71. The first-order valence-electron chi connectivity index (χ1n) is 4.07. The molecule has 2 nitrogen and oxygen atoms in total. The fourth-order valence-electron chi connectivity index (χ4n) is 1.59. The van der Waals surface area contributed by atoms with E-state index < -0.39 is 0 Å². The Balaban J connectivity index is 2.14. The molecule has 11 heavy (non-hydrogen) atoms. The number of furan rings is 1. The van der Waals surface area contributed by atoms with Gasteiger partial charge in [0.15, 0.2) is 0 Å². The van der Waals surface area contributed by atoms with Crippen LogP contribution in [0.3, 0.4) is 0 Å². The molecule has 1 aromatic rings. The first-order chi connectivity index (χ1) is 5.33. The van der Waals surface area contributed by atoms with E-state index in [9.17, 15) is 0 Å². The predicted molar refractivity (Wildman–Crippen MR) is 43.3 cm³/mol. The summed E-state index contributed by atoms with van der Waals surface area (Å²) in [6.07, 6.45) is 2.97. The van der Waals surface area contributed by atoms with Crippen molar-refractivity contribution in [1.29, 1.82) is 0 Å². The molecule has 0 bridgehead atoms. The average Bonchev–Trinajstić information content (AvgIpc) is 2.68. The van der Waals surface area contributed by atoms with Crippen LogP contribution in [-0.2, 0) is 0 Å². The van der Waals surface area contributed by atoms with Crippen molar-refractivity contribution in [2.75, 3.05) is 6.54 Å². The molecule has 1 fully saturated rings. The van der Waals surface area contributed by atoms with Gasteiger partial charge in [0.25, 0.3) is 0 Å². The first-order valence-corrected chi connectivity index (χ1v) is 4.07. The van der Waals surface area contributed by atoms with E-state index in [4.69, 9.17) is 10.2 Å². The van der Waals surface area contributed by atoms with Crippen LogP contribution >= 0.6 is 0 Å². The molecule has 0 aromatic carbocycles. The third kappa shape index (κ3) is 1.07. The summed E-state index contributed by atoms with van der Waals surface area (Å²) < 4.78 is 5.36. The largest absolute Gasteiger partial charge is 0.469 e. The number of hydrogen-bond donors (Lipinski definition) is 1. The van der Waals surface area contributed by atoms with Crippen LogP contribution in [0.4, 0.5) is 0 Å². The van der Waals surface area contributed by atoms with Crippen molar-refractivity contribution in [3.63, 3.8) is 0 Å². The molecule has 60 valence electrons. The Kier molecular flexibility index (Phi) is 1.50. The minimum atomic E-state index is 0.620. The molecule has 0 radical (unpaired) electrons. The normalized spacial score (nSPS) is 28.9. The maximum atomic E-state index is 5.54. The molecular weight excluding hydrogens is 138 g/mol. The van der Waals surface area contributed by atoms with Crippen LogP contribution in [0.25, 0.3) is 0 Å². The Morgan fingerprint density at radius 3 is 3.00 bits per heavy atom. The van der Waals surface area contributed by atoms with Crippen molar-refractivity contribution in [2.24, 2.45) is 11.7 Å². The van der Waals surface area contributed by atoms with E-state index in [1.165, 1.54) is 12.0 Å². The fourth-order valence-corrected chi connectivity index (χ4v) is 1.59. The van der Waals surface area contributed by atoms with Crippen LogP contribution in [0.2, 0.25) is 0 Å². The molecule has 1 aliphatic carbocycles. The highest BCUT2D eigenvalue weighted by Crippen LogP contribution is 2.47. The van der Waals surface area contributed by atoms with Crippen LogP contribution in [0.5, 0.6) is 0 Å². The van der Waals surface area contributed by atoms with Gasteiger partial charge in [-0.15, -0.1) is 0 Å². The molecule has 2 rings (SSSR count). The maximum Gasteiger partial charge on any atom is 0.110 e. The van der Waals surface area contributed by atoms with Gasteiger partial charge >= 0.3 is 0 Å². The van der Waals surface area contributed by atoms with Gasteiger partial charge in [0, 0.05) is 5.92 Å². The standard InChI is InChI=1S/C9H13NO/c1-6-2-3-11-9(6)8-4-7(8)5-10/h2-3,7-8H,4-5,10H2,1H3. The van der Waals surface area contributed by atoms with Crippen molar-refractivity contribution < 1.29 is 4.42 Å². The summed E-state index contributed by atoms with van der Waals surface area (Å²) in [5.74, 6) is 2.45. The lowest BCUT2D eigenvalue weighted by Crippen LogP contribution is -2.01. The highest BCUT2D eigenvalue weighted by molar-refractivity contribution is 5.24. The Labute approximate surface area is 66.4 Å². The summed E-state index contributed by atoms with van der Waals surface area (Å²) in [4.78, 5) is 0. The van der Waals surface area contributed by atoms with Crippen LogP contribution < -0.4 is 5.73 Å². The van der Waals surface area contributed by atoms with E-state index in [1.54, 1.807) is 6.26 Å². The van der Waals surface area contributed by atoms with Crippen molar-refractivity contribution in [3.05, 3.63) is 23.7 Å². The van der Waals surface area contributed by atoms with Gasteiger partial charge in [-0.1, -0.05) is 0 Å². The fraction of sp³-hybridized carbons (Fsp3) is 0.556. The van der Waals surface area contributed by atoms with Gasteiger partial charge in [-0.2, -0.15) is 0 Å². The smallest absolute Gasteiger partial charge is 0.110 e. The van der Waals surface area contributed by atoms with Crippen LogP contribution in [0, 0.1) is 12.8 Å². The monoisotopic (exact) mass is 151 g/mol. The van der Waals surface area contributed by atoms with Gasteiger partial charge < -0.3 is 10.2 Å². The molecule has 2 unspecified atom stereocenters.